The highest BCUT2D eigenvalue weighted by molar-refractivity contribution is 7.89. The maximum Gasteiger partial charge on any atom is 0.262 e. The van der Waals surface area contributed by atoms with E-state index in [0.717, 1.165) is 0 Å². The number of hydrogen-bond donors (Lipinski definition) is 0. The van der Waals surface area contributed by atoms with Crippen LogP contribution in [0.15, 0.2) is 40.6 Å². The lowest BCUT2D eigenvalue weighted by Gasteiger charge is -2.22. The molecule has 0 amide bonds. The summed E-state index contributed by atoms with van der Waals surface area (Å²) in [7, 11) is -4.62. The smallest absolute Gasteiger partial charge is 0.262 e. The molecule has 1 aliphatic heterocycles. The normalized spacial score (nSPS) is 17.4. The lowest BCUT2D eigenvalue weighted by Crippen LogP contribution is -2.37. The Labute approximate surface area is 169 Å². The molecule has 9 nitrogen and oxygen atoms in total. The van der Waals surface area contributed by atoms with E-state index in [2.05, 4.69) is 4.98 Å². The second kappa shape index (κ2) is 7.99. The van der Waals surface area contributed by atoms with Crippen molar-refractivity contribution in [3.05, 3.63) is 35.7 Å². The average molecular weight is 449 g/mol. The summed E-state index contributed by atoms with van der Waals surface area (Å²) in [4.78, 5) is 3.87. The summed E-state index contributed by atoms with van der Waals surface area (Å²) < 4.78 is 61.0. The number of aryl methyl sites for hydroxylation is 1. The minimum Gasteiger partial charge on any atom is -0.495 e. The Hall–Kier alpha value is -1.66. The number of nitrogens with zero attached hydrogens (tertiary/aromatic N) is 4. The molecule has 0 unspecified atom stereocenters. The summed E-state index contributed by atoms with van der Waals surface area (Å²) in [5.74, 6) is 0.187. The van der Waals surface area contributed by atoms with Gasteiger partial charge in [0.15, 0.2) is 5.03 Å². The van der Waals surface area contributed by atoms with Gasteiger partial charge in [-0.15, -0.1) is 0 Å². The molecule has 1 aliphatic rings. The molecule has 28 heavy (non-hydrogen) atoms. The Morgan fingerprint density at radius 1 is 1.04 bits per heavy atom. The van der Waals surface area contributed by atoms with Crippen LogP contribution in [-0.2, 0) is 27.1 Å². The van der Waals surface area contributed by atoms with Gasteiger partial charge in [0, 0.05) is 44.4 Å². The van der Waals surface area contributed by atoms with Gasteiger partial charge in [-0.3, -0.25) is 0 Å². The maximum atomic E-state index is 13.1. The predicted molar refractivity (Wildman–Crippen MR) is 103 cm³/mol. The zero-order valence-electron chi connectivity index (χ0n) is 15.4. The van der Waals surface area contributed by atoms with Crippen molar-refractivity contribution in [1.29, 1.82) is 0 Å². The summed E-state index contributed by atoms with van der Waals surface area (Å²) in [6, 6.07) is 4.37. The molecule has 1 aromatic heterocycles. The Morgan fingerprint density at radius 3 is 2.25 bits per heavy atom. The molecule has 0 saturated carbocycles. The monoisotopic (exact) mass is 448 g/mol. The van der Waals surface area contributed by atoms with Gasteiger partial charge in [-0.2, -0.15) is 8.61 Å². The van der Waals surface area contributed by atoms with Crippen LogP contribution in [0.1, 0.15) is 6.42 Å². The Morgan fingerprint density at radius 2 is 1.68 bits per heavy atom. The molecule has 154 valence electrons. The fraction of sp³-hybridized carbons (Fsp3) is 0.438. The van der Waals surface area contributed by atoms with Gasteiger partial charge < -0.3 is 9.30 Å². The number of methoxy groups -OCH3 is 1. The van der Waals surface area contributed by atoms with Gasteiger partial charge in [-0.25, -0.2) is 21.8 Å². The molecule has 0 N–H and O–H groups in total. The zero-order chi connectivity index (χ0) is 20.5. The van der Waals surface area contributed by atoms with Gasteiger partial charge in [-0.1, -0.05) is 11.6 Å². The van der Waals surface area contributed by atoms with Gasteiger partial charge in [0.25, 0.3) is 10.0 Å². The van der Waals surface area contributed by atoms with Crippen LogP contribution in [0.25, 0.3) is 0 Å². The molecule has 2 aromatic rings. The van der Waals surface area contributed by atoms with Crippen molar-refractivity contribution in [2.24, 2.45) is 7.05 Å². The SMILES string of the molecule is COc1ccc(Cl)cc1S(=O)(=O)N1CCCN(S(=O)(=O)c2cn(C)cn2)CC1. The fourth-order valence-corrected chi connectivity index (χ4v) is 6.32. The summed E-state index contributed by atoms with van der Waals surface area (Å²) in [5, 5.41) is 0.219. The third-order valence-corrected chi connectivity index (χ3v) is 8.38. The third kappa shape index (κ3) is 4.03. The lowest BCUT2D eigenvalue weighted by atomic mass is 10.3. The fourth-order valence-electron chi connectivity index (χ4n) is 3.00. The van der Waals surface area contributed by atoms with E-state index in [1.807, 2.05) is 0 Å². The molecule has 1 saturated heterocycles. The highest BCUT2D eigenvalue weighted by Crippen LogP contribution is 2.30. The second-order valence-electron chi connectivity index (χ2n) is 6.33. The van der Waals surface area contributed by atoms with Crippen LogP contribution in [0.3, 0.4) is 0 Å². The number of aromatic nitrogens is 2. The van der Waals surface area contributed by atoms with Crippen LogP contribution in [0.4, 0.5) is 0 Å². The van der Waals surface area contributed by atoms with E-state index < -0.39 is 20.0 Å². The van der Waals surface area contributed by atoms with E-state index >= 15 is 0 Å². The molecular weight excluding hydrogens is 428 g/mol. The van der Waals surface area contributed by atoms with Crippen LogP contribution in [-0.4, -0.2) is 68.3 Å². The first kappa shape index (κ1) is 21.1. The summed E-state index contributed by atoms with van der Waals surface area (Å²) in [6.45, 7) is 0.439. The zero-order valence-corrected chi connectivity index (χ0v) is 17.8. The van der Waals surface area contributed by atoms with Crippen molar-refractivity contribution in [1.82, 2.24) is 18.2 Å². The molecule has 0 spiro atoms. The van der Waals surface area contributed by atoms with Crippen molar-refractivity contribution in [3.8, 4) is 5.75 Å². The van der Waals surface area contributed by atoms with Crippen molar-refractivity contribution in [3.63, 3.8) is 0 Å². The Balaban J connectivity index is 1.85. The summed E-state index contributed by atoms with van der Waals surface area (Å²) >= 11 is 5.97. The topological polar surface area (TPSA) is 102 Å². The molecule has 0 aliphatic carbocycles. The van der Waals surface area contributed by atoms with Crippen LogP contribution in [0.2, 0.25) is 5.02 Å². The number of hydrogen-bond acceptors (Lipinski definition) is 6. The number of benzene rings is 1. The minimum absolute atomic E-state index is 0.0179. The first-order valence-corrected chi connectivity index (χ1v) is 11.7. The number of sulfonamides is 2. The van der Waals surface area contributed by atoms with Crippen molar-refractivity contribution in [2.75, 3.05) is 33.3 Å². The van der Waals surface area contributed by atoms with E-state index in [9.17, 15) is 16.8 Å². The Kier molecular flexibility index (Phi) is 6.01. The van der Waals surface area contributed by atoms with Gasteiger partial charge in [-0.05, 0) is 24.6 Å². The predicted octanol–water partition coefficient (Wildman–Crippen LogP) is 1.17. The molecule has 3 rings (SSSR count). The molecule has 1 aromatic carbocycles. The van der Waals surface area contributed by atoms with Crippen LogP contribution >= 0.6 is 11.6 Å². The Bertz CT molecular complexity index is 1070. The summed E-state index contributed by atoms with van der Waals surface area (Å²) in [5.41, 5.74) is 0. The molecular formula is C16H21ClN4O5S2. The molecule has 2 heterocycles. The molecule has 0 radical (unpaired) electrons. The van der Waals surface area contributed by atoms with Gasteiger partial charge in [0.2, 0.25) is 10.0 Å². The molecule has 1 fully saturated rings. The number of halogens is 1. The average Bonchev–Trinajstić information content (AvgIpc) is 2.93. The number of rotatable bonds is 5. The van der Waals surface area contributed by atoms with Gasteiger partial charge >= 0.3 is 0 Å². The van der Waals surface area contributed by atoms with Crippen molar-refractivity contribution >= 4 is 31.6 Å². The summed E-state index contributed by atoms with van der Waals surface area (Å²) in [6.07, 6.45) is 3.19. The largest absolute Gasteiger partial charge is 0.495 e. The van der Waals surface area contributed by atoms with E-state index in [0.29, 0.717) is 6.42 Å². The quantitative estimate of drug-likeness (QED) is 0.680. The minimum atomic E-state index is -3.90. The van der Waals surface area contributed by atoms with Gasteiger partial charge in [0.05, 0.1) is 13.4 Å². The van der Waals surface area contributed by atoms with E-state index in [1.165, 1.54) is 40.4 Å². The van der Waals surface area contributed by atoms with E-state index in [-0.39, 0.29) is 46.9 Å². The van der Waals surface area contributed by atoms with Crippen LogP contribution < -0.4 is 4.74 Å². The van der Waals surface area contributed by atoms with E-state index in [4.69, 9.17) is 16.3 Å². The van der Waals surface area contributed by atoms with Crippen molar-refractivity contribution in [2.45, 2.75) is 16.3 Å². The third-order valence-electron chi connectivity index (χ3n) is 4.44. The highest BCUT2D eigenvalue weighted by atomic mass is 35.5. The first-order valence-electron chi connectivity index (χ1n) is 8.48. The lowest BCUT2D eigenvalue weighted by molar-refractivity contribution is 0.388. The molecule has 12 heteroatoms. The maximum absolute atomic E-state index is 13.1. The number of imidazole rings is 1. The standard InChI is InChI=1S/C16H21ClN4O5S2/c1-19-11-16(18-12-19)28(24,25)21-7-3-6-20(8-9-21)27(22,23)15-10-13(17)4-5-14(15)26-2/h4-5,10-12H,3,6-9H2,1-2H3. The van der Waals surface area contributed by atoms with Crippen molar-refractivity contribution < 1.29 is 21.6 Å². The highest BCUT2D eigenvalue weighted by Gasteiger charge is 2.34. The molecule has 0 atom stereocenters. The van der Waals surface area contributed by atoms with Crippen LogP contribution in [0.5, 0.6) is 5.75 Å². The first-order chi connectivity index (χ1) is 13.2. The van der Waals surface area contributed by atoms with Gasteiger partial charge in [0.1, 0.15) is 10.6 Å². The molecule has 0 bridgehead atoms. The van der Waals surface area contributed by atoms with E-state index in [1.54, 1.807) is 17.7 Å². The van der Waals surface area contributed by atoms with Crippen LogP contribution in [0, 0.1) is 0 Å². The number of ether oxygens (including phenoxy) is 1. The second-order valence-corrected chi connectivity index (χ2v) is 10.6.